The van der Waals surface area contributed by atoms with E-state index in [1.54, 1.807) is 12.1 Å². The first-order valence-corrected chi connectivity index (χ1v) is 6.62. The van der Waals surface area contributed by atoms with Crippen LogP contribution in [-0.2, 0) is 16.6 Å². The number of hydrogen-bond acceptors (Lipinski definition) is 3. The second kappa shape index (κ2) is 6.29. The smallest absolute Gasteiger partial charge is 0.136 e. The predicted molar refractivity (Wildman–Crippen MR) is 64.7 cm³/mol. The van der Waals surface area contributed by atoms with Gasteiger partial charge in [0, 0.05) is 22.3 Å². The largest absolute Gasteiger partial charge is 0.495 e. The molecule has 1 atom stereocenters. The summed E-state index contributed by atoms with van der Waals surface area (Å²) in [4.78, 5) is 0. The molecule has 0 aliphatic carbocycles. The minimum Gasteiger partial charge on any atom is -0.495 e. The molecular formula is C12H15NO2S. The quantitative estimate of drug-likeness (QED) is 0.789. The van der Waals surface area contributed by atoms with E-state index in [0.29, 0.717) is 22.8 Å². The van der Waals surface area contributed by atoms with E-state index in [1.807, 2.05) is 13.0 Å². The Morgan fingerprint density at radius 3 is 2.81 bits per heavy atom. The monoisotopic (exact) mass is 237 g/mol. The molecular weight excluding hydrogens is 222 g/mol. The lowest BCUT2D eigenvalue weighted by Gasteiger charge is -2.06. The third-order valence-corrected chi connectivity index (χ3v) is 3.66. The average Bonchev–Trinajstić information content (AvgIpc) is 2.29. The molecule has 0 N–H and O–H groups in total. The zero-order valence-corrected chi connectivity index (χ0v) is 10.3. The van der Waals surface area contributed by atoms with Gasteiger partial charge >= 0.3 is 0 Å². The van der Waals surface area contributed by atoms with Crippen LogP contribution in [0.3, 0.4) is 0 Å². The van der Waals surface area contributed by atoms with Crippen LogP contribution >= 0.6 is 0 Å². The van der Waals surface area contributed by atoms with Crippen LogP contribution in [0.15, 0.2) is 18.2 Å². The highest BCUT2D eigenvalue weighted by atomic mass is 32.2. The number of ether oxygens (including phenoxy) is 1. The van der Waals surface area contributed by atoms with E-state index >= 15 is 0 Å². The maximum absolute atomic E-state index is 11.6. The first-order valence-electron chi connectivity index (χ1n) is 5.13. The van der Waals surface area contributed by atoms with Gasteiger partial charge in [0.2, 0.25) is 0 Å². The Kier molecular flexibility index (Phi) is 5.00. The van der Waals surface area contributed by atoms with Crippen molar-refractivity contribution in [3.63, 3.8) is 0 Å². The molecule has 1 aromatic rings. The number of hydrogen-bond donors (Lipinski definition) is 0. The van der Waals surface area contributed by atoms with E-state index in [0.717, 1.165) is 12.0 Å². The van der Waals surface area contributed by atoms with E-state index in [1.165, 1.54) is 7.11 Å². The highest BCUT2D eigenvalue weighted by molar-refractivity contribution is 7.84. The molecule has 0 fully saturated rings. The third kappa shape index (κ3) is 3.35. The zero-order chi connectivity index (χ0) is 12.0. The van der Waals surface area contributed by atoms with Gasteiger partial charge in [0.05, 0.1) is 12.7 Å². The summed E-state index contributed by atoms with van der Waals surface area (Å²) in [5, 5.41) is 8.82. The van der Waals surface area contributed by atoms with Crippen LogP contribution in [0.1, 0.15) is 24.5 Å². The molecule has 3 nitrogen and oxygen atoms in total. The minimum absolute atomic E-state index is 0.507. The number of methoxy groups -OCH3 is 1. The van der Waals surface area contributed by atoms with Crippen LogP contribution in [0.4, 0.5) is 0 Å². The molecule has 1 rings (SSSR count). The van der Waals surface area contributed by atoms with Gasteiger partial charge in [-0.3, -0.25) is 4.21 Å². The molecule has 4 heteroatoms. The fourth-order valence-corrected chi connectivity index (χ4v) is 2.55. The normalized spacial score (nSPS) is 11.8. The van der Waals surface area contributed by atoms with Gasteiger partial charge in [-0.05, 0) is 24.1 Å². The molecule has 0 bridgehead atoms. The summed E-state index contributed by atoms with van der Waals surface area (Å²) < 4.78 is 16.7. The molecule has 0 spiro atoms. The maximum atomic E-state index is 11.6. The lowest BCUT2D eigenvalue weighted by Crippen LogP contribution is -2.00. The van der Waals surface area contributed by atoms with Crippen molar-refractivity contribution in [3.05, 3.63) is 29.3 Å². The zero-order valence-electron chi connectivity index (χ0n) is 9.53. The third-order valence-electron chi connectivity index (χ3n) is 2.15. The summed E-state index contributed by atoms with van der Waals surface area (Å²) in [6.07, 6.45) is 0.917. The van der Waals surface area contributed by atoms with E-state index in [-0.39, 0.29) is 0 Å². The predicted octanol–water partition coefficient (Wildman–Crippen LogP) is 2.23. The van der Waals surface area contributed by atoms with Gasteiger partial charge in [0.1, 0.15) is 11.8 Å². The Hall–Kier alpha value is -1.34. The summed E-state index contributed by atoms with van der Waals surface area (Å²) >= 11 is 0. The molecule has 0 aliphatic heterocycles. The van der Waals surface area contributed by atoms with Crippen LogP contribution in [0.5, 0.6) is 5.75 Å². The van der Waals surface area contributed by atoms with Crippen molar-refractivity contribution >= 4 is 10.8 Å². The molecule has 0 amide bonds. The van der Waals surface area contributed by atoms with Gasteiger partial charge in [0.15, 0.2) is 0 Å². The van der Waals surface area contributed by atoms with E-state index < -0.39 is 10.8 Å². The van der Waals surface area contributed by atoms with Gasteiger partial charge in [-0.1, -0.05) is 13.0 Å². The maximum Gasteiger partial charge on any atom is 0.136 e. The van der Waals surface area contributed by atoms with Crippen molar-refractivity contribution in [1.29, 1.82) is 5.26 Å². The fraction of sp³-hybridized carbons (Fsp3) is 0.417. The molecule has 0 radical (unpaired) electrons. The van der Waals surface area contributed by atoms with Gasteiger partial charge in [-0.25, -0.2) is 0 Å². The molecule has 1 unspecified atom stereocenters. The Labute approximate surface area is 98.5 Å². The molecule has 16 heavy (non-hydrogen) atoms. The van der Waals surface area contributed by atoms with Crippen LogP contribution in [0.2, 0.25) is 0 Å². The number of nitriles is 1. The first kappa shape index (κ1) is 12.7. The van der Waals surface area contributed by atoms with Crippen molar-refractivity contribution in [1.82, 2.24) is 0 Å². The summed E-state index contributed by atoms with van der Waals surface area (Å²) in [6, 6.07) is 7.37. The molecule has 0 saturated heterocycles. The summed E-state index contributed by atoms with van der Waals surface area (Å²) in [5.74, 6) is 1.78. The van der Waals surface area contributed by atoms with Gasteiger partial charge in [0.25, 0.3) is 0 Å². The van der Waals surface area contributed by atoms with Gasteiger partial charge in [-0.2, -0.15) is 5.26 Å². The van der Waals surface area contributed by atoms with Crippen molar-refractivity contribution in [3.8, 4) is 11.8 Å². The SMILES string of the molecule is CCCS(=O)Cc1ccc(C#N)c(OC)c1. The number of benzene rings is 1. The van der Waals surface area contributed by atoms with Gasteiger partial charge in [-0.15, -0.1) is 0 Å². The molecule has 0 saturated carbocycles. The highest BCUT2D eigenvalue weighted by Crippen LogP contribution is 2.20. The Balaban J connectivity index is 2.84. The second-order valence-electron chi connectivity index (χ2n) is 3.43. The standard InChI is InChI=1S/C12H15NO2S/c1-3-6-16(14)9-10-4-5-11(8-13)12(7-10)15-2/h4-5,7H,3,6,9H2,1-2H3. The number of rotatable bonds is 5. The molecule has 0 aliphatic rings. The van der Waals surface area contributed by atoms with Crippen LogP contribution in [0, 0.1) is 11.3 Å². The van der Waals surface area contributed by atoms with E-state index in [2.05, 4.69) is 6.07 Å². The summed E-state index contributed by atoms with van der Waals surface area (Å²) in [5.41, 5.74) is 1.45. The van der Waals surface area contributed by atoms with Crippen molar-refractivity contribution < 1.29 is 8.95 Å². The molecule has 86 valence electrons. The average molecular weight is 237 g/mol. The van der Waals surface area contributed by atoms with Crippen molar-refractivity contribution in [2.75, 3.05) is 12.9 Å². The van der Waals surface area contributed by atoms with Crippen LogP contribution in [-0.4, -0.2) is 17.1 Å². The topological polar surface area (TPSA) is 50.1 Å². The minimum atomic E-state index is -0.828. The highest BCUT2D eigenvalue weighted by Gasteiger charge is 2.06. The molecule has 0 heterocycles. The first-order chi connectivity index (χ1) is 7.71. The Morgan fingerprint density at radius 2 is 2.25 bits per heavy atom. The summed E-state index contributed by atoms with van der Waals surface area (Å²) in [7, 11) is 0.702. The fourth-order valence-electron chi connectivity index (χ4n) is 1.40. The molecule has 1 aromatic carbocycles. The number of nitrogens with zero attached hydrogens (tertiary/aromatic N) is 1. The van der Waals surface area contributed by atoms with E-state index in [4.69, 9.17) is 10.00 Å². The lowest BCUT2D eigenvalue weighted by molar-refractivity contribution is 0.413. The Bertz CT molecular complexity index is 424. The summed E-state index contributed by atoms with van der Waals surface area (Å²) in [6.45, 7) is 2.01. The molecule has 0 aromatic heterocycles. The lowest BCUT2D eigenvalue weighted by atomic mass is 10.1. The second-order valence-corrected chi connectivity index (χ2v) is 5.01. The Morgan fingerprint density at radius 1 is 1.50 bits per heavy atom. The van der Waals surface area contributed by atoms with Crippen molar-refractivity contribution in [2.24, 2.45) is 0 Å². The van der Waals surface area contributed by atoms with Gasteiger partial charge < -0.3 is 4.74 Å². The van der Waals surface area contributed by atoms with Crippen LogP contribution < -0.4 is 4.74 Å². The van der Waals surface area contributed by atoms with Crippen molar-refractivity contribution in [2.45, 2.75) is 19.1 Å². The van der Waals surface area contributed by atoms with Crippen LogP contribution in [0.25, 0.3) is 0 Å². The van der Waals surface area contributed by atoms with E-state index in [9.17, 15) is 4.21 Å².